The summed E-state index contributed by atoms with van der Waals surface area (Å²) in [7, 11) is 0. The van der Waals surface area contributed by atoms with Gasteiger partial charge in [0.1, 0.15) is 6.29 Å². The Hall–Kier alpha value is -0.410. The van der Waals surface area contributed by atoms with E-state index < -0.39 is 0 Å². The van der Waals surface area contributed by atoms with Crippen molar-refractivity contribution in [3.8, 4) is 0 Å². The Morgan fingerprint density at radius 2 is 2.25 bits per heavy atom. The molecule has 0 unspecified atom stereocenters. The van der Waals surface area contributed by atoms with Gasteiger partial charge in [-0.15, -0.1) is 0 Å². The van der Waals surface area contributed by atoms with Gasteiger partial charge in [-0.2, -0.15) is 0 Å². The SMILES string of the molecule is CCNNCCC=O. The van der Waals surface area contributed by atoms with E-state index in [0.29, 0.717) is 6.42 Å². The lowest BCUT2D eigenvalue weighted by Crippen LogP contribution is -2.32. The molecule has 0 bridgehead atoms. The van der Waals surface area contributed by atoms with Crippen LogP contribution in [0.3, 0.4) is 0 Å². The van der Waals surface area contributed by atoms with Crippen molar-refractivity contribution in [2.45, 2.75) is 13.3 Å². The summed E-state index contributed by atoms with van der Waals surface area (Å²) in [6.07, 6.45) is 1.47. The minimum atomic E-state index is 0.576. The molecule has 0 amide bonds. The van der Waals surface area contributed by atoms with Crippen LogP contribution < -0.4 is 10.9 Å². The fraction of sp³-hybridized carbons (Fsp3) is 0.800. The minimum absolute atomic E-state index is 0.576. The molecule has 0 radical (unpaired) electrons. The second kappa shape index (κ2) is 6.59. The van der Waals surface area contributed by atoms with Gasteiger partial charge in [0.05, 0.1) is 0 Å². The van der Waals surface area contributed by atoms with E-state index in [2.05, 4.69) is 10.9 Å². The summed E-state index contributed by atoms with van der Waals surface area (Å²) < 4.78 is 0. The monoisotopic (exact) mass is 116 g/mol. The summed E-state index contributed by atoms with van der Waals surface area (Å²) in [6.45, 7) is 3.60. The maximum atomic E-state index is 9.70. The Morgan fingerprint density at radius 1 is 1.50 bits per heavy atom. The molecule has 2 N–H and O–H groups in total. The first kappa shape index (κ1) is 7.59. The van der Waals surface area contributed by atoms with Gasteiger partial charge in [0, 0.05) is 19.5 Å². The normalized spacial score (nSPS) is 9.12. The Morgan fingerprint density at radius 3 is 2.75 bits per heavy atom. The zero-order valence-corrected chi connectivity index (χ0v) is 5.11. The fourth-order valence-electron chi connectivity index (χ4n) is 0.344. The number of nitrogens with one attached hydrogen (secondary N) is 2. The van der Waals surface area contributed by atoms with Crippen molar-refractivity contribution in [1.82, 2.24) is 10.9 Å². The van der Waals surface area contributed by atoms with Crippen molar-refractivity contribution in [2.24, 2.45) is 0 Å². The Bertz CT molecular complexity index is 56.4. The van der Waals surface area contributed by atoms with Crippen molar-refractivity contribution in [1.29, 1.82) is 0 Å². The highest BCUT2D eigenvalue weighted by Gasteiger charge is 1.78. The van der Waals surface area contributed by atoms with E-state index in [-0.39, 0.29) is 0 Å². The van der Waals surface area contributed by atoms with Crippen LogP contribution >= 0.6 is 0 Å². The summed E-state index contributed by atoms with van der Waals surface area (Å²) in [4.78, 5) is 9.70. The van der Waals surface area contributed by atoms with E-state index in [1.54, 1.807) is 0 Å². The number of carbonyl (C=O) groups excluding carboxylic acids is 1. The number of hydrogen-bond acceptors (Lipinski definition) is 3. The highest BCUT2D eigenvalue weighted by atomic mass is 16.1. The summed E-state index contributed by atoms with van der Waals surface area (Å²) in [5, 5.41) is 0. The predicted octanol–water partition coefficient (Wildman–Crippen LogP) is -0.311. The molecule has 0 saturated carbocycles. The zero-order valence-electron chi connectivity index (χ0n) is 5.11. The Balaban J connectivity index is 2.62. The van der Waals surface area contributed by atoms with E-state index in [9.17, 15) is 4.79 Å². The molecule has 0 atom stereocenters. The van der Waals surface area contributed by atoms with Crippen LogP contribution in [-0.2, 0) is 4.79 Å². The smallest absolute Gasteiger partial charge is 0.121 e. The topological polar surface area (TPSA) is 41.1 Å². The standard InChI is InChI=1S/C5H12N2O/c1-2-6-7-4-3-5-8/h5-7H,2-4H2,1H3. The van der Waals surface area contributed by atoms with Crippen molar-refractivity contribution < 1.29 is 4.79 Å². The predicted molar refractivity (Wildman–Crippen MR) is 32.4 cm³/mol. The van der Waals surface area contributed by atoms with Crippen molar-refractivity contribution in [2.75, 3.05) is 13.1 Å². The first-order valence-corrected chi connectivity index (χ1v) is 2.81. The molecule has 0 fully saturated rings. The van der Waals surface area contributed by atoms with Gasteiger partial charge in [-0.05, 0) is 0 Å². The molecule has 0 spiro atoms. The van der Waals surface area contributed by atoms with Crippen molar-refractivity contribution in [3.05, 3.63) is 0 Å². The lowest BCUT2D eigenvalue weighted by Gasteiger charge is -1.98. The van der Waals surface area contributed by atoms with Gasteiger partial charge in [-0.1, -0.05) is 6.92 Å². The Labute approximate surface area is 49.4 Å². The Kier molecular flexibility index (Phi) is 6.25. The van der Waals surface area contributed by atoms with Crippen LogP contribution in [0.2, 0.25) is 0 Å². The van der Waals surface area contributed by atoms with Crippen LogP contribution in [0.1, 0.15) is 13.3 Å². The average molecular weight is 116 g/mol. The summed E-state index contributed by atoms with van der Waals surface area (Å²) in [5.41, 5.74) is 5.73. The number of carbonyl (C=O) groups is 1. The molecule has 0 aliphatic heterocycles. The molecule has 0 aliphatic carbocycles. The van der Waals surface area contributed by atoms with Crippen LogP contribution in [0, 0.1) is 0 Å². The number of hydrogen-bond donors (Lipinski definition) is 2. The maximum absolute atomic E-state index is 9.70. The molecule has 0 saturated heterocycles. The van der Waals surface area contributed by atoms with Crippen molar-refractivity contribution >= 4 is 6.29 Å². The lowest BCUT2D eigenvalue weighted by atomic mass is 10.5. The lowest BCUT2D eigenvalue weighted by molar-refractivity contribution is -0.107. The third kappa shape index (κ3) is 5.59. The summed E-state index contributed by atoms with van der Waals surface area (Å²) in [5.74, 6) is 0. The molecule has 3 heteroatoms. The molecule has 0 rings (SSSR count). The second-order valence-electron chi connectivity index (χ2n) is 1.41. The highest BCUT2D eigenvalue weighted by Crippen LogP contribution is 1.61. The van der Waals surface area contributed by atoms with Gasteiger partial charge < -0.3 is 4.79 Å². The highest BCUT2D eigenvalue weighted by molar-refractivity contribution is 5.49. The summed E-state index contributed by atoms with van der Waals surface area (Å²) >= 11 is 0. The van der Waals surface area contributed by atoms with E-state index in [1.165, 1.54) is 0 Å². The van der Waals surface area contributed by atoms with Crippen LogP contribution in [0.25, 0.3) is 0 Å². The van der Waals surface area contributed by atoms with Gasteiger partial charge in [-0.3, -0.25) is 10.9 Å². The molecule has 0 heterocycles. The van der Waals surface area contributed by atoms with E-state index in [4.69, 9.17) is 0 Å². The van der Waals surface area contributed by atoms with Crippen LogP contribution in [0.15, 0.2) is 0 Å². The van der Waals surface area contributed by atoms with E-state index in [1.807, 2.05) is 6.92 Å². The molecular weight excluding hydrogens is 104 g/mol. The third-order valence-corrected chi connectivity index (χ3v) is 0.689. The largest absolute Gasteiger partial charge is 0.303 e. The van der Waals surface area contributed by atoms with E-state index >= 15 is 0 Å². The minimum Gasteiger partial charge on any atom is -0.303 e. The van der Waals surface area contributed by atoms with Crippen LogP contribution in [0.4, 0.5) is 0 Å². The van der Waals surface area contributed by atoms with E-state index in [0.717, 1.165) is 19.4 Å². The number of aldehydes is 1. The molecule has 0 aromatic rings. The second-order valence-corrected chi connectivity index (χ2v) is 1.41. The number of hydrazine groups is 1. The van der Waals surface area contributed by atoms with Crippen LogP contribution in [0.5, 0.6) is 0 Å². The molecule has 48 valence electrons. The molecule has 0 aromatic heterocycles. The summed E-state index contributed by atoms with van der Waals surface area (Å²) in [6, 6.07) is 0. The zero-order chi connectivity index (χ0) is 6.24. The van der Waals surface area contributed by atoms with Gasteiger partial charge in [-0.25, -0.2) is 0 Å². The molecule has 3 nitrogen and oxygen atoms in total. The molecule has 8 heavy (non-hydrogen) atoms. The molecule has 0 aliphatic rings. The van der Waals surface area contributed by atoms with Crippen LogP contribution in [-0.4, -0.2) is 19.4 Å². The quantitative estimate of drug-likeness (QED) is 0.294. The first-order chi connectivity index (χ1) is 3.91. The maximum Gasteiger partial charge on any atom is 0.121 e. The third-order valence-electron chi connectivity index (χ3n) is 0.689. The fourth-order valence-corrected chi connectivity index (χ4v) is 0.344. The van der Waals surface area contributed by atoms with Gasteiger partial charge in [0.25, 0.3) is 0 Å². The number of rotatable bonds is 5. The molecular formula is C5H12N2O. The van der Waals surface area contributed by atoms with Gasteiger partial charge in [0.2, 0.25) is 0 Å². The van der Waals surface area contributed by atoms with Crippen molar-refractivity contribution in [3.63, 3.8) is 0 Å². The van der Waals surface area contributed by atoms with Gasteiger partial charge >= 0.3 is 0 Å². The first-order valence-electron chi connectivity index (χ1n) is 2.81. The molecule has 0 aromatic carbocycles. The van der Waals surface area contributed by atoms with Gasteiger partial charge in [0.15, 0.2) is 0 Å². The average Bonchev–Trinajstić information content (AvgIpc) is 1.81.